The first-order valence-electron chi connectivity index (χ1n) is 5.08. The van der Waals surface area contributed by atoms with Crippen LogP contribution in [0.15, 0.2) is 55.6 Å². The Kier molecular flexibility index (Phi) is 3.25. The van der Waals surface area contributed by atoms with E-state index in [2.05, 4.69) is 21.9 Å². The van der Waals surface area contributed by atoms with Crippen molar-refractivity contribution in [2.45, 2.75) is 0 Å². The van der Waals surface area contributed by atoms with Crippen molar-refractivity contribution in [2.24, 2.45) is 0 Å². The highest BCUT2D eigenvalue weighted by Gasteiger charge is 2.01. The van der Waals surface area contributed by atoms with E-state index in [1.807, 2.05) is 24.3 Å². The first-order chi connectivity index (χ1) is 8.29. The summed E-state index contributed by atoms with van der Waals surface area (Å²) in [7, 11) is 0. The second kappa shape index (κ2) is 5.03. The maximum absolute atomic E-state index is 11.2. The minimum Gasteiger partial charge on any atom is -0.323 e. The first-order valence-corrected chi connectivity index (χ1v) is 5.08. The Labute approximate surface area is 99.0 Å². The zero-order chi connectivity index (χ0) is 12.1. The number of carbonyl (C=O) groups excluding carboxylic acids is 1. The second-order valence-electron chi connectivity index (χ2n) is 3.40. The van der Waals surface area contributed by atoms with E-state index >= 15 is 0 Å². The van der Waals surface area contributed by atoms with Crippen molar-refractivity contribution in [1.29, 1.82) is 0 Å². The smallest absolute Gasteiger partial charge is 0.247 e. The van der Waals surface area contributed by atoms with Crippen LogP contribution in [0, 0.1) is 0 Å². The molecule has 17 heavy (non-hydrogen) atoms. The molecule has 1 aromatic heterocycles. The molecule has 0 atom stereocenters. The van der Waals surface area contributed by atoms with E-state index < -0.39 is 0 Å². The minimum absolute atomic E-state index is 0.230. The number of nitrogens with one attached hydrogen (secondary N) is 1. The molecule has 0 radical (unpaired) electrons. The third-order valence-electron chi connectivity index (χ3n) is 2.21. The summed E-state index contributed by atoms with van der Waals surface area (Å²) in [4.78, 5) is 19.1. The van der Waals surface area contributed by atoms with Crippen LogP contribution in [0.2, 0.25) is 0 Å². The van der Waals surface area contributed by atoms with E-state index in [1.54, 1.807) is 12.4 Å². The molecule has 1 N–H and O–H groups in total. The van der Waals surface area contributed by atoms with Crippen LogP contribution in [0.4, 0.5) is 5.69 Å². The summed E-state index contributed by atoms with van der Waals surface area (Å²) in [5, 5.41) is 2.70. The van der Waals surface area contributed by atoms with Gasteiger partial charge in [0.25, 0.3) is 0 Å². The predicted octanol–water partition coefficient (Wildman–Crippen LogP) is 2.27. The molecular formula is C13H11N3O. The lowest BCUT2D eigenvalue weighted by Crippen LogP contribution is -2.06. The van der Waals surface area contributed by atoms with Crippen LogP contribution in [-0.4, -0.2) is 15.9 Å². The number of rotatable bonds is 3. The standard InChI is InChI=1S/C13H11N3O/c1-2-13(17)16-12-5-3-4-10(6-12)11-7-14-9-15-8-11/h2-9H,1H2,(H,16,17). The normalized spacial score (nSPS) is 9.65. The molecule has 2 rings (SSSR count). The topological polar surface area (TPSA) is 54.9 Å². The minimum atomic E-state index is -0.230. The summed E-state index contributed by atoms with van der Waals surface area (Å²) in [5.41, 5.74) is 2.57. The van der Waals surface area contributed by atoms with Gasteiger partial charge in [-0.1, -0.05) is 18.7 Å². The third-order valence-corrected chi connectivity index (χ3v) is 2.21. The fraction of sp³-hybridized carbons (Fsp3) is 0. The van der Waals surface area contributed by atoms with Crippen LogP contribution in [0.3, 0.4) is 0 Å². The number of hydrogen-bond donors (Lipinski definition) is 1. The summed E-state index contributed by atoms with van der Waals surface area (Å²) < 4.78 is 0. The summed E-state index contributed by atoms with van der Waals surface area (Å²) in [6, 6.07) is 7.47. The van der Waals surface area contributed by atoms with Crippen LogP contribution in [0.5, 0.6) is 0 Å². The lowest BCUT2D eigenvalue weighted by molar-refractivity contribution is -0.111. The molecule has 2 aromatic rings. The van der Waals surface area contributed by atoms with Crippen LogP contribution in [-0.2, 0) is 4.79 Å². The monoisotopic (exact) mass is 225 g/mol. The highest BCUT2D eigenvalue weighted by Crippen LogP contribution is 2.20. The van der Waals surface area contributed by atoms with Crippen LogP contribution < -0.4 is 5.32 Å². The summed E-state index contributed by atoms with van der Waals surface area (Å²) >= 11 is 0. The van der Waals surface area contributed by atoms with Gasteiger partial charge in [-0.25, -0.2) is 9.97 Å². The first kappa shape index (κ1) is 11.0. The maximum atomic E-state index is 11.2. The molecule has 4 heteroatoms. The molecule has 0 unspecified atom stereocenters. The number of anilines is 1. The Morgan fingerprint density at radius 2 is 2.00 bits per heavy atom. The molecule has 0 bridgehead atoms. The van der Waals surface area contributed by atoms with E-state index in [-0.39, 0.29) is 5.91 Å². The van der Waals surface area contributed by atoms with Gasteiger partial charge in [0.2, 0.25) is 5.91 Å². The SMILES string of the molecule is C=CC(=O)Nc1cccc(-c2cncnc2)c1. The Balaban J connectivity index is 2.29. The van der Waals surface area contributed by atoms with E-state index in [4.69, 9.17) is 0 Å². The fourth-order valence-corrected chi connectivity index (χ4v) is 1.42. The molecule has 0 aliphatic rings. The maximum Gasteiger partial charge on any atom is 0.247 e. The number of benzene rings is 1. The van der Waals surface area contributed by atoms with Crippen LogP contribution in [0.1, 0.15) is 0 Å². The number of aromatic nitrogens is 2. The summed E-state index contributed by atoms with van der Waals surface area (Å²) in [6.07, 6.45) is 6.16. The molecule has 4 nitrogen and oxygen atoms in total. The summed E-state index contributed by atoms with van der Waals surface area (Å²) in [5.74, 6) is -0.230. The Bertz CT molecular complexity index is 537. The van der Waals surface area contributed by atoms with E-state index in [0.717, 1.165) is 16.8 Å². The largest absolute Gasteiger partial charge is 0.323 e. The van der Waals surface area contributed by atoms with Gasteiger partial charge in [0.1, 0.15) is 6.33 Å². The molecule has 1 amide bonds. The van der Waals surface area contributed by atoms with Gasteiger partial charge in [0.15, 0.2) is 0 Å². The average molecular weight is 225 g/mol. The molecule has 1 heterocycles. The molecule has 0 aliphatic heterocycles. The van der Waals surface area contributed by atoms with E-state index in [0.29, 0.717) is 0 Å². The number of amides is 1. The van der Waals surface area contributed by atoms with Gasteiger partial charge >= 0.3 is 0 Å². The molecule has 0 fully saturated rings. The lowest BCUT2D eigenvalue weighted by atomic mass is 10.1. The molecule has 0 saturated heterocycles. The Morgan fingerprint density at radius 3 is 2.71 bits per heavy atom. The number of hydrogen-bond acceptors (Lipinski definition) is 3. The van der Waals surface area contributed by atoms with Gasteiger partial charge in [-0.05, 0) is 23.8 Å². The Hall–Kier alpha value is -2.49. The van der Waals surface area contributed by atoms with Crippen molar-refractivity contribution < 1.29 is 4.79 Å². The van der Waals surface area contributed by atoms with Gasteiger partial charge in [0.05, 0.1) is 0 Å². The van der Waals surface area contributed by atoms with Crippen molar-refractivity contribution in [3.63, 3.8) is 0 Å². The van der Waals surface area contributed by atoms with E-state index in [1.165, 1.54) is 12.4 Å². The van der Waals surface area contributed by atoms with Crippen molar-refractivity contribution in [3.05, 3.63) is 55.6 Å². The molecular weight excluding hydrogens is 214 g/mol. The van der Waals surface area contributed by atoms with Crippen molar-refractivity contribution in [3.8, 4) is 11.1 Å². The highest BCUT2D eigenvalue weighted by molar-refractivity contribution is 5.99. The lowest BCUT2D eigenvalue weighted by Gasteiger charge is -2.05. The number of carbonyl (C=O) groups is 1. The highest BCUT2D eigenvalue weighted by atomic mass is 16.1. The molecule has 0 spiro atoms. The van der Waals surface area contributed by atoms with Crippen molar-refractivity contribution in [1.82, 2.24) is 9.97 Å². The molecule has 0 aliphatic carbocycles. The van der Waals surface area contributed by atoms with Crippen LogP contribution >= 0.6 is 0 Å². The van der Waals surface area contributed by atoms with Gasteiger partial charge < -0.3 is 5.32 Å². The van der Waals surface area contributed by atoms with Gasteiger partial charge in [-0.3, -0.25) is 4.79 Å². The number of nitrogens with zero attached hydrogens (tertiary/aromatic N) is 2. The Morgan fingerprint density at radius 1 is 1.24 bits per heavy atom. The van der Waals surface area contributed by atoms with Gasteiger partial charge in [-0.2, -0.15) is 0 Å². The predicted molar refractivity (Wildman–Crippen MR) is 66.3 cm³/mol. The van der Waals surface area contributed by atoms with Crippen molar-refractivity contribution in [2.75, 3.05) is 5.32 Å². The second-order valence-corrected chi connectivity index (χ2v) is 3.40. The fourth-order valence-electron chi connectivity index (χ4n) is 1.42. The van der Waals surface area contributed by atoms with Crippen molar-refractivity contribution >= 4 is 11.6 Å². The average Bonchev–Trinajstić information content (AvgIpc) is 2.40. The van der Waals surface area contributed by atoms with Gasteiger partial charge in [-0.15, -0.1) is 0 Å². The molecule has 84 valence electrons. The van der Waals surface area contributed by atoms with E-state index in [9.17, 15) is 4.79 Å². The summed E-state index contributed by atoms with van der Waals surface area (Å²) in [6.45, 7) is 3.41. The quantitative estimate of drug-likeness (QED) is 0.815. The molecule has 0 saturated carbocycles. The van der Waals surface area contributed by atoms with Crippen LogP contribution in [0.25, 0.3) is 11.1 Å². The zero-order valence-electron chi connectivity index (χ0n) is 9.13. The third kappa shape index (κ3) is 2.75. The van der Waals surface area contributed by atoms with Gasteiger partial charge in [0, 0.05) is 23.6 Å². The molecule has 1 aromatic carbocycles. The zero-order valence-corrected chi connectivity index (χ0v) is 9.13.